The summed E-state index contributed by atoms with van der Waals surface area (Å²) in [4.78, 5) is 51.9. The summed E-state index contributed by atoms with van der Waals surface area (Å²) in [5, 5.41) is 0. The number of carbonyl (C=O) groups excluding carboxylic acids is 4. The molecule has 0 aromatic heterocycles. The van der Waals surface area contributed by atoms with E-state index in [2.05, 4.69) is 0 Å². The first-order valence-corrected chi connectivity index (χ1v) is 10.5. The second-order valence-electron chi connectivity index (χ2n) is 8.14. The molecular weight excluding hydrogens is 392 g/mol. The molecule has 6 heteroatoms. The van der Waals surface area contributed by atoms with Crippen molar-refractivity contribution in [3.8, 4) is 0 Å². The standard InChI is InChI=1S/C25H28N2O4/c1-17-16-26(24(30)14-20-4-8-22(9-5-20)18(2)28)12-13-27(17)25(31)15-21-6-10-23(11-7-21)19(3)29/h4-11,17H,12-16H2,1-3H3. The van der Waals surface area contributed by atoms with Crippen LogP contribution in [0.25, 0.3) is 0 Å². The average Bonchev–Trinajstić information content (AvgIpc) is 2.74. The third-order valence-corrected chi connectivity index (χ3v) is 5.73. The summed E-state index contributed by atoms with van der Waals surface area (Å²) in [6.45, 7) is 6.49. The Hall–Kier alpha value is -3.28. The molecule has 6 nitrogen and oxygen atoms in total. The first kappa shape index (κ1) is 22.4. The van der Waals surface area contributed by atoms with E-state index in [1.165, 1.54) is 13.8 Å². The van der Waals surface area contributed by atoms with Gasteiger partial charge in [0.2, 0.25) is 11.8 Å². The molecule has 2 aromatic rings. The third kappa shape index (κ3) is 5.66. The minimum absolute atomic E-state index is 0.00193. The lowest BCUT2D eigenvalue weighted by molar-refractivity contribution is -0.141. The van der Waals surface area contributed by atoms with Gasteiger partial charge in [0, 0.05) is 36.8 Å². The van der Waals surface area contributed by atoms with E-state index < -0.39 is 0 Å². The van der Waals surface area contributed by atoms with Crippen molar-refractivity contribution in [1.29, 1.82) is 0 Å². The quantitative estimate of drug-likeness (QED) is 0.674. The Morgan fingerprint density at radius 2 is 1.19 bits per heavy atom. The Kier molecular flexibility index (Phi) is 7.00. The van der Waals surface area contributed by atoms with Crippen LogP contribution in [0.5, 0.6) is 0 Å². The smallest absolute Gasteiger partial charge is 0.227 e. The molecule has 1 unspecified atom stereocenters. The number of hydrogen-bond donors (Lipinski definition) is 0. The summed E-state index contributed by atoms with van der Waals surface area (Å²) in [5.41, 5.74) is 3.00. The highest BCUT2D eigenvalue weighted by molar-refractivity contribution is 5.94. The van der Waals surface area contributed by atoms with Gasteiger partial charge in [0.15, 0.2) is 11.6 Å². The van der Waals surface area contributed by atoms with E-state index in [1.807, 2.05) is 36.1 Å². The molecule has 3 rings (SSSR count). The molecule has 162 valence electrons. The van der Waals surface area contributed by atoms with Crippen LogP contribution in [0.4, 0.5) is 0 Å². The van der Waals surface area contributed by atoms with Gasteiger partial charge in [-0.25, -0.2) is 0 Å². The number of benzene rings is 2. The molecule has 0 bridgehead atoms. The third-order valence-electron chi connectivity index (χ3n) is 5.73. The minimum atomic E-state index is -0.0678. The van der Waals surface area contributed by atoms with Crippen molar-refractivity contribution >= 4 is 23.4 Å². The number of Topliss-reactive ketones (excluding diaryl/α,β-unsaturated/α-hetero) is 2. The van der Waals surface area contributed by atoms with Crippen LogP contribution in [-0.4, -0.2) is 58.9 Å². The van der Waals surface area contributed by atoms with E-state index in [1.54, 1.807) is 29.2 Å². The SMILES string of the molecule is CC(=O)c1ccc(CC(=O)N2CCN(C(=O)Cc3ccc(C(C)=O)cc3)C(C)C2)cc1. The second-order valence-corrected chi connectivity index (χ2v) is 8.14. The zero-order valence-corrected chi connectivity index (χ0v) is 18.3. The summed E-state index contributed by atoms with van der Waals surface area (Å²) < 4.78 is 0. The normalized spacial score (nSPS) is 16.2. The lowest BCUT2D eigenvalue weighted by Gasteiger charge is -2.40. The van der Waals surface area contributed by atoms with Crippen LogP contribution in [0.1, 0.15) is 52.6 Å². The number of carbonyl (C=O) groups is 4. The van der Waals surface area contributed by atoms with E-state index in [0.29, 0.717) is 30.8 Å². The van der Waals surface area contributed by atoms with Crippen molar-refractivity contribution in [2.24, 2.45) is 0 Å². The first-order valence-electron chi connectivity index (χ1n) is 10.5. The number of nitrogens with zero attached hydrogens (tertiary/aromatic N) is 2. The molecule has 1 atom stereocenters. The molecule has 1 saturated heterocycles. The molecule has 0 aliphatic carbocycles. The predicted octanol–water partition coefficient (Wildman–Crippen LogP) is 2.94. The van der Waals surface area contributed by atoms with E-state index in [0.717, 1.165) is 11.1 Å². The molecule has 1 aliphatic heterocycles. The lowest BCUT2D eigenvalue weighted by atomic mass is 10.0. The van der Waals surface area contributed by atoms with Gasteiger partial charge >= 0.3 is 0 Å². The summed E-state index contributed by atoms with van der Waals surface area (Å²) in [6.07, 6.45) is 0.556. The fourth-order valence-electron chi connectivity index (χ4n) is 3.83. The van der Waals surface area contributed by atoms with Gasteiger partial charge < -0.3 is 9.80 Å². The summed E-state index contributed by atoms with van der Waals surface area (Å²) >= 11 is 0. The zero-order chi connectivity index (χ0) is 22.5. The number of piperazine rings is 1. The van der Waals surface area contributed by atoms with Crippen LogP contribution < -0.4 is 0 Å². The monoisotopic (exact) mass is 420 g/mol. The van der Waals surface area contributed by atoms with Gasteiger partial charge in [-0.2, -0.15) is 0 Å². The molecule has 31 heavy (non-hydrogen) atoms. The second kappa shape index (κ2) is 9.69. The molecule has 0 saturated carbocycles. The summed E-state index contributed by atoms with van der Waals surface area (Å²) in [5.74, 6) is 0.0497. The van der Waals surface area contributed by atoms with Gasteiger partial charge in [-0.3, -0.25) is 19.2 Å². The van der Waals surface area contributed by atoms with E-state index in [9.17, 15) is 19.2 Å². The molecule has 2 amide bonds. The summed E-state index contributed by atoms with van der Waals surface area (Å²) in [7, 11) is 0. The Morgan fingerprint density at radius 3 is 1.61 bits per heavy atom. The molecule has 0 N–H and O–H groups in total. The minimum Gasteiger partial charge on any atom is -0.339 e. The molecule has 1 fully saturated rings. The largest absolute Gasteiger partial charge is 0.339 e. The van der Waals surface area contributed by atoms with Crippen LogP contribution in [-0.2, 0) is 22.4 Å². The van der Waals surface area contributed by atoms with Gasteiger partial charge in [-0.1, -0.05) is 48.5 Å². The number of rotatable bonds is 6. The number of hydrogen-bond acceptors (Lipinski definition) is 4. The van der Waals surface area contributed by atoms with E-state index >= 15 is 0 Å². The number of amides is 2. The van der Waals surface area contributed by atoms with Crippen LogP contribution >= 0.6 is 0 Å². The van der Waals surface area contributed by atoms with Crippen molar-refractivity contribution in [2.45, 2.75) is 39.7 Å². The van der Waals surface area contributed by atoms with Gasteiger partial charge in [-0.05, 0) is 31.9 Å². The van der Waals surface area contributed by atoms with Crippen LogP contribution in [0, 0.1) is 0 Å². The molecule has 2 aromatic carbocycles. The van der Waals surface area contributed by atoms with E-state index in [4.69, 9.17) is 0 Å². The van der Waals surface area contributed by atoms with Crippen molar-refractivity contribution in [1.82, 2.24) is 9.80 Å². The molecule has 0 spiro atoms. The maximum absolute atomic E-state index is 12.8. The zero-order valence-electron chi connectivity index (χ0n) is 18.3. The fraction of sp³-hybridized carbons (Fsp3) is 0.360. The topological polar surface area (TPSA) is 74.8 Å². The van der Waals surface area contributed by atoms with Crippen LogP contribution in [0.15, 0.2) is 48.5 Å². The van der Waals surface area contributed by atoms with Crippen molar-refractivity contribution < 1.29 is 19.2 Å². The highest BCUT2D eigenvalue weighted by Gasteiger charge is 2.29. The van der Waals surface area contributed by atoms with Crippen molar-refractivity contribution in [3.63, 3.8) is 0 Å². The first-order chi connectivity index (χ1) is 14.7. The maximum atomic E-state index is 12.8. The van der Waals surface area contributed by atoms with Crippen molar-refractivity contribution in [3.05, 3.63) is 70.8 Å². The van der Waals surface area contributed by atoms with Crippen molar-refractivity contribution in [2.75, 3.05) is 19.6 Å². The lowest BCUT2D eigenvalue weighted by Crippen LogP contribution is -2.56. The highest BCUT2D eigenvalue weighted by Crippen LogP contribution is 2.15. The maximum Gasteiger partial charge on any atom is 0.227 e. The van der Waals surface area contributed by atoms with Gasteiger partial charge in [0.25, 0.3) is 0 Å². The Labute approximate surface area is 182 Å². The highest BCUT2D eigenvalue weighted by atomic mass is 16.2. The fourth-order valence-corrected chi connectivity index (χ4v) is 3.83. The Bertz CT molecular complexity index is 980. The molecule has 1 aliphatic rings. The molecular formula is C25H28N2O4. The number of ketones is 2. The van der Waals surface area contributed by atoms with Gasteiger partial charge in [0.1, 0.15) is 0 Å². The predicted molar refractivity (Wildman–Crippen MR) is 118 cm³/mol. The van der Waals surface area contributed by atoms with Crippen LogP contribution in [0.2, 0.25) is 0 Å². The Morgan fingerprint density at radius 1 is 0.742 bits per heavy atom. The summed E-state index contributed by atoms with van der Waals surface area (Å²) in [6, 6.07) is 14.2. The molecule has 1 heterocycles. The van der Waals surface area contributed by atoms with E-state index in [-0.39, 0.29) is 42.3 Å². The average molecular weight is 421 g/mol. The Balaban J connectivity index is 1.54. The van der Waals surface area contributed by atoms with Gasteiger partial charge in [-0.15, -0.1) is 0 Å². The van der Waals surface area contributed by atoms with Gasteiger partial charge in [0.05, 0.1) is 12.8 Å². The molecule has 0 radical (unpaired) electrons. The van der Waals surface area contributed by atoms with Crippen LogP contribution in [0.3, 0.4) is 0 Å².